The van der Waals surface area contributed by atoms with Crippen LogP contribution in [0.4, 0.5) is 0 Å². The number of unbranched alkanes of at least 4 members (excludes halogenated alkanes) is 1. The first kappa shape index (κ1) is 23.1. The van der Waals surface area contributed by atoms with E-state index in [4.69, 9.17) is 4.74 Å². The predicted molar refractivity (Wildman–Crippen MR) is 121 cm³/mol. The van der Waals surface area contributed by atoms with Crippen LogP contribution in [0.5, 0.6) is 0 Å². The molecule has 0 spiro atoms. The van der Waals surface area contributed by atoms with Gasteiger partial charge in [0.1, 0.15) is 6.04 Å². The van der Waals surface area contributed by atoms with Gasteiger partial charge in [-0.1, -0.05) is 36.4 Å². The summed E-state index contributed by atoms with van der Waals surface area (Å²) in [7, 11) is -3.59. The largest absolute Gasteiger partial charge is 0.464 e. The number of hydrogen-bond donors (Lipinski definition) is 0. The van der Waals surface area contributed by atoms with Crippen LogP contribution in [0.2, 0.25) is 0 Å². The number of carbonyl (C=O) groups excluding carboxylic acids is 3. The second kappa shape index (κ2) is 9.44. The van der Waals surface area contributed by atoms with Crippen LogP contribution in [0, 0.1) is 0 Å². The van der Waals surface area contributed by atoms with Crippen LogP contribution in [0.3, 0.4) is 0 Å². The van der Waals surface area contributed by atoms with Gasteiger partial charge in [0.25, 0.3) is 11.8 Å². The highest BCUT2D eigenvalue weighted by molar-refractivity contribution is 7.89. The SMILES string of the molecule is CCS(=O)(=O)N1Cc2ccccc2C[C@H]1C(=O)OCCCCN1C(=O)c2ccccc2C1=O. The van der Waals surface area contributed by atoms with Crippen LogP contribution in [0.15, 0.2) is 48.5 Å². The second-order valence-electron chi connectivity index (χ2n) is 8.12. The van der Waals surface area contributed by atoms with E-state index in [9.17, 15) is 22.8 Å². The van der Waals surface area contributed by atoms with Crippen molar-refractivity contribution in [2.75, 3.05) is 18.9 Å². The van der Waals surface area contributed by atoms with E-state index in [0.717, 1.165) is 11.1 Å². The molecule has 0 radical (unpaired) electrons. The van der Waals surface area contributed by atoms with Gasteiger partial charge in [0, 0.05) is 19.5 Å². The molecule has 2 aliphatic rings. The highest BCUT2D eigenvalue weighted by Gasteiger charge is 2.39. The maximum Gasteiger partial charge on any atom is 0.324 e. The monoisotopic (exact) mass is 470 g/mol. The summed E-state index contributed by atoms with van der Waals surface area (Å²) in [6.45, 7) is 2.01. The van der Waals surface area contributed by atoms with Gasteiger partial charge < -0.3 is 4.74 Å². The summed E-state index contributed by atoms with van der Waals surface area (Å²) in [5.74, 6) is -1.30. The minimum absolute atomic E-state index is 0.0835. The Morgan fingerprint density at radius 1 is 0.970 bits per heavy atom. The summed E-state index contributed by atoms with van der Waals surface area (Å²) in [5.41, 5.74) is 2.64. The van der Waals surface area contributed by atoms with E-state index in [-0.39, 0.29) is 43.7 Å². The van der Waals surface area contributed by atoms with Crippen molar-refractivity contribution >= 4 is 27.8 Å². The summed E-state index contributed by atoms with van der Waals surface area (Å²) in [6, 6.07) is 13.3. The molecule has 0 saturated heterocycles. The van der Waals surface area contributed by atoms with E-state index in [1.165, 1.54) is 9.21 Å². The molecule has 4 rings (SSSR count). The second-order valence-corrected chi connectivity index (χ2v) is 10.3. The molecule has 2 heterocycles. The predicted octanol–water partition coefficient (Wildman–Crippen LogP) is 2.38. The minimum atomic E-state index is -3.59. The smallest absolute Gasteiger partial charge is 0.324 e. The third-order valence-electron chi connectivity index (χ3n) is 6.10. The molecule has 0 bridgehead atoms. The Hall–Kier alpha value is -3.04. The Morgan fingerprint density at radius 3 is 2.21 bits per heavy atom. The lowest BCUT2D eigenvalue weighted by atomic mass is 9.96. The number of carbonyl (C=O) groups is 3. The first-order valence-corrected chi connectivity index (χ1v) is 12.6. The lowest BCUT2D eigenvalue weighted by Gasteiger charge is -2.34. The zero-order valence-corrected chi connectivity index (χ0v) is 19.2. The molecule has 1 atom stereocenters. The summed E-state index contributed by atoms with van der Waals surface area (Å²) < 4.78 is 31.9. The molecule has 0 N–H and O–H groups in total. The highest BCUT2D eigenvalue weighted by atomic mass is 32.2. The summed E-state index contributed by atoms with van der Waals surface area (Å²) >= 11 is 0. The fourth-order valence-corrected chi connectivity index (χ4v) is 5.46. The van der Waals surface area contributed by atoms with E-state index in [1.54, 1.807) is 31.2 Å². The number of imide groups is 1. The standard InChI is InChI=1S/C24H26N2O6S/c1-2-33(30,31)26-16-18-10-4-3-9-17(18)15-21(26)24(29)32-14-8-7-13-25-22(27)19-11-5-6-12-20(19)23(25)28/h3-6,9-12,21H,2,7-8,13-16H2,1H3/t21-/m0/s1. The number of sulfonamides is 1. The zero-order valence-electron chi connectivity index (χ0n) is 18.4. The number of hydrogen-bond acceptors (Lipinski definition) is 6. The van der Waals surface area contributed by atoms with Crippen molar-refractivity contribution < 1.29 is 27.5 Å². The number of esters is 1. The van der Waals surface area contributed by atoms with Crippen LogP contribution in [0.1, 0.15) is 51.6 Å². The molecule has 0 saturated carbocycles. The first-order chi connectivity index (χ1) is 15.8. The molecule has 2 aliphatic heterocycles. The van der Waals surface area contributed by atoms with Gasteiger partial charge in [-0.2, -0.15) is 4.31 Å². The molecular weight excluding hydrogens is 444 g/mol. The van der Waals surface area contributed by atoms with E-state index in [1.807, 2.05) is 24.3 Å². The van der Waals surface area contributed by atoms with E-state index in [0.29, 0.717) is 24.0 Å². The zero-order chi connectivity index (χ0) is 23.6. The number of amides is 2. The Balaban J connectivity index is 1.32. The van der Waals surface area contributed by atoms with Crippen molar-refractivity contribution in [3.63, 3.8) is 0 Å². The van der Waals surface area contributed by atoms with Gasteiger partial charge in [-0.25, -0.2) is 8.42 Å². The molecule has 2 aromatic carbocycles. The normalized spacial score (nSPS) is 18.2. The van der Waals surface area contributed by atoms with Crippen molar-refractivity contribution in [1.82, 2.24) is 9.21 Å². The minimum Gasteiger partial charge on any atom is -0.464 e. The Labute approximate surface area is 193 Å². The Bertz CT molecular complexity index is 1160. The Morgan fingerprint density at radius 2 is 1.58 bits per heavy atom. The molecule has 0 unspecified atom stereocenters. The van der Waals surface area contributed by atoms with Crippen molar-refractivity contribution in [2.45, 2.75) is 38.8 Å². The highest BCUT2D eigenvalue weighted by Crippen LogP contribution is 2.27. The van der Waals surface area contributed by atoms with Crippen LogP contribution in [-0.2, 0) is 32.5 Å². The van der Waals surface area contributed by atoms with Gasteiger partial charge in [0.2, 0.25) is 10.0 Å². The molecule has 174 valence electrons. The average molecular weight is 471 g/mol. The van der Waals surface area contributed by atoms with E-state index < -0.39 is 22.0 Å². The number of nitrogens with zero attached hydrogens (tertiary/aromatic N) is 2. The first-order valence-electron chi connectivity index (χ1n) is 11.0. The number of benzene rings is 2. The quantitative estimate of drug-likeness (QED) is 0.334. The molecular formula is C24H26N2O6S. The van der Waals surface area contributed by atoms with Crippen LogP contribution in [0.25, 0.3) is 0 Å². The lowest BCUT2D eigenvalue weighted by Crippen LogP contribution is -2.49. The molecule has 2 aromatic rings. The maximum absolute atomic E-state index is 12.8. The van der Waals surface area contributed by atoms with E-state index in [2.05, 4.69) is 0 Å². The van der Waals surface area contributed by atoms with Crippen LogP contribution < -0.4 is 0 Å². The van der Waals surface area contributed by atoms with Gasteiger partial charge >= 0.3 is 5.97 Å². The average Bonchev–Trinajstić information content (AvgIpc) is 3.07. The molecule has 9 heteroatoms. The van der Waals surface area contributed by atoms with Crippen LogP contribution in [-0.4, -0.2) is 60.4 Å². The lowest BCUT2D eigenvalue weighted by molar-refractivity contribution is -0.148. The van der Waals surface area contributed by atoms with Gasteiger partial charge in [-0.15, -0.1) is 0 Å². The molecule has 0 fully saturated rings. The van der Waals surface area contributed by atoms with Gasteiger partial charge in [0.05, 0.1) is 23.5 Å². The van der Waals surface area contributed by atoms with Crippen molar-refractivity contribution in [2.24, 2.45) is 0 Å². The molecule has 2 amide bonds. The van der Waals surface area contributed by atoms with Gasteiger partial charge in [-0.3, -0.25) is 19.3 Å². The van der Waals surface area contributed by atoms with Gasteiger partial charge in [0.15, 0.2) is 0 Å². The maximum atomic E-state index is 12.8. The van der Waals surface area contributed by atoms with Crippen molar-refractivity contribution in [3.05, 3.63) is 70.8 Å². The van der Waals surface area contributed by atoms with Crippen molar-refractivity contribution in [3.8, 4) is 0 Å². The van der Waals surface area contributed by atoms with Crippen molar-refractivity contribution in [1.29, 1.82) is 0 Å². The van der Waals surface area contributed by atoms with Crippen LogP contribution >= 0.6 is 0 Å². The third-order valence-corrected chi connectivity index (χ3v) is 7.93. The summed E-state index contributed by atoms with van der Waals surface area (Å²) in [4.78, 5) is 38.8. The number of rotatable bonds is 8. The fraction of sp³-hybridized carbons (Fsp3) is 0.375. The number of ether oxygens (including phenoxy) is 1. The number of fused-ring (bicyclic) bond motifs is 2. The summed E-state index contributed by atoms with van der Waals surface area (Å²) in [6.07, 6.45) is 1.19. The van der Waals surface area contributed by atoms with Gasteiger partial charge in [-0.05, 0) is 43.0 Å². The Kier molecular flexibility index (Phi) is 6.62. The molecule has 0 aromatic heterocycles. The molecule has 8 nitrogen and oxygen atoms in total. The van der Waals surface area contributed by atoms with E-state index >= 15 is 0 Å². The summed E-state index contributed by atoms with van der Waals surface area (Å²) in [5, 5.41) is 0. The topological polar surface area (TPSA) is 101 Å². The fourth-order valence-electron chi connectivity index (χ4n) is 4.24. The third kappa shape index (κ3) is 4.56. The molecule has 0 aliphatic carbocycles. The molecule has 33 heavy (non-hydrogen) atoms.